The molecule has 2 aromatic heterocycles. The van der Waals surface area contributed by atoms with Crippen LogP contribution in [-0.4, -0.2) is 23.8 Å². The summed E-state index contributed by atoms with van der Waals surface area (Å²) in [7, 11) is 1.28. The van der Waals surface area contributed by atoms with Crippen LogP contribution in [0.5, 0.6) is 0 Å². The topological polar surface area (TPSA) is 72.3 Å². The molecule has 0 amide bonds. The fraction of sp³-hybridized carbons (Fsp3) is 0.167. The van der Waals surface area contributed by atoms with Crippen LogP contribution in [0.15, 0.2) is 28.9 Å². The molecule has 1 N–H and O–H groups in total. The molecule has 0 atom stereocenters. The highest BCUT2D eigenvalue weighted by Crippen LogP contribution is 2.25. The molecule has 17 heavy (non-hydrogen) atoms. The zero-order chi connectivity index (χ0) is 12.4. The first-order valence-corrected chi connectivity index (χ1v) is 4.99. The Bertz CT molecular complexity index is 551. The lowest BCUT2D eigenvalue weighted by Gasteiger charge is -1.96. The molecule has 0 bridgehead atoms. The Morgan fingerprint density at radius 2 is 2.18 bits per heavy atom. The molecule has 0 aliphatic carbocycles. The monoisotopic (exact) mass is 233 g/mol. The van der Waals surface area contributed by atoms with E-state index in [9.17, 15) is 9.59 Å². The second kappa shape index (κ2) is 4.29. The van der Waals surface area contributed by atoms with Gasteiger partial charge in [0.2, 0.25) is 0 Å². The number of carbonyl (C=O) groups is 2. The molecule has 0 saturated heterocycles. The number of H-pyrrole nitrogens is 1. The van der Waals surface area contributed by atoms with Crippen LogP contribution in [0.3, 0.4) is 0 Å². The van der Waals surface area contributed by atoms with E-state index in [0.29, 0.717) is 17.0 Å². The van der Waals surface area contributed by atoms with Gasteiger partial charge in [-0.15, -0.1) is 0 Å². The van der Waals surface area contributed by atoms with Crippen LogP contribution in [-0.2, 0) is 4.74 Å². The molecular formula is C12H11NO4. The van der Waals surface area contributed by atoms with Crippen LogP contribution in [0, 0.1) is 0 Å². The number of methoxy groups -OCH3 is 1. The first kappa shape index (κ1) is 11.2. The highest BCUT2D eigenvalue weighted by atomic mass is 16.5. The van der Waals surface area contributed by atoms with E-state index in [0.717, 1.165) is 0 Å². The number of Topliss-reactive ketones (excluding diaryl/α,β-unsaturated/α-hetero) is 1. The number of furan rings is 1. The van der Waals surface area contributed by atoms with Gasteiger partial charge in [-0.25, -0.2) is 4.79 Å². The molecule has 0 fully saturated rings. The number of aromatic nitrogens is 1. The number of hydrogen-bond donors (Lipinski definition) is 1. The van der Waals surface area contributed by atoms with Crippen molar-refractivity contribution in [1.29, 1.82) is 0 Å². The highest BCUT2D eigenvalue weighted by Gasteiger charge is 2.19. The lowest BCUT2D eigenvalue weighted by atomic mass is 10.1. The predicted molar refractivity (Wildman–Crippen MR) is 59.8 cm³/mol. The summed E-state index contributed by atoms with van der Waals surface area (Å²) in [5.41, 5.74) is 1.12. The average molecular weight is 233 g/mol. The van der Waals surface area contributed by atoms with Gasteiger partial charge in [-0.2, -0.15) is 0 Å². The van der Waals surface area contributed by atoms with Crippen molar-refractivity contribution in [2.24, 2.45) is 0 Å². The zero-order valence-corrected chi connectivity index (χ0v) is 9.44. The number of aromatic amines is 1. The van der Waals surface area contributed by atoms with E-state index in [1.165, 1.54) is 26.4 Å². The van der Waals surface area contributed by atoms with E-state index in [4.69, 9.17) is 4.42 Å². The lowest BCUT2D eigenvalue weighted by molar-refractivity contribution is 0.0595. The minimum Gasteiger partial charge on any atom is -0.464 e. The Morgan fingerprint density at radius 3 is 2.71 bits per heavy atom. The number of esters is 1. The third-order valence-electron chi connectivity index (χ3n) is 2.37. The minimum atomic E-state index is -0.523. The van der Waals surface area contributed by atoms with E-state index >= 15 is 0 Å². The molecule has 5 heteroatoms. The van der Waals surface area contributed by atoms with Gasteiger partial charge in [0.05, 0.1) is 19.1 Å². The van der Waals surface area contributed by atoms with Crippen LogP contribution < -0.4 is 0 Å². The van der Waals surface area contributed by atoms with Crippen molar-refractivity contribution >= 4 is 11.8 Å². The molecular weight excluding hydrogens is 222 g/mol. The fourth-order valence-corrected chi connectivity index (χ4v) is 1.57. The molecule has 0 saturated carbocycles. The Morgan fingerprint density at radius 1 is 1.41 bits per heavy atom. The molecule has 88 valence electrons. The average Bonchev–Trinajstić information content (AvgIpc) is 2.95. The normalized spacial score (nSPS) is 10.2. The molecule has 2 rings (SSSR count). The molecule has 2 heterocycles. The number of nitrogens with one attached hydrogen (secondary N) is 1. The molecule has 0 aromatic carbocycles. The van der Waals surface area contributed by atoms with Crippen LogP contribution >= 0.6 is 0 Å². The number of ether oxygens (including phenoxy) is 1. The molecule has 0 radical (unpaired) electrons. The lowest BCUT2D eigenvalue weighted by Crippen LogP contribution is -2.00. The van der Waals surface area contributed by atoms with Gasteiger partial charge in [0.1, 0.15) is 5.69 Å². The molecule has 0 aliphatic rings. The molecule has 5 nitrogen and oxygen atoms in total. The maximum Gasteiger partial charge on any atom is 0.354 e. The van der Waals surface area contributed by atoms with E-state index < -0.39 is 5.97 Å². The van der Waals surface area contributed by atoms with Crippen LogP contribution in [0.25, 0.3) is 11.5 Å². The van der Waals surface area contributed by atoms with Gasteiger partial charge in [0.15, 0.2) is 11.5 Å². The quantitative estimate of drug-likeness (QED) is 0.652. The van der Waals surface area contributed by atoms with Crippen molar-refractivity contribution in [2.75, 3.05) is 7.11 Å². The third kappa shape index (κ3) is 1.99. The second-order valence-electron chi connectivity index (χ2n) is 3.50. The molecule has 0 unspecified atom stereocenters. The summed E-state index contributed by atoms with van der Waals surface area (Å²) < 4.78 is 9.79. The van der Waals surface area contributed by atoms with E-state index in [1.807, 2.05) is 0 Å². The maximum atomic E-state index is 11.5. The van der Waals surface area contributed by atoms with Gasteiger partial charge >= 0.3 is 5.97 Å². The van der Waals surface area contributed by atoms with Gasteiger partial charge < -0.3 is 14.1 Å². The number of rotatable bonds is 3. The number of hydrogen-bond acceptors (Lipinski definition) is 4. The first-order chi connectivity index (χ1) is 8.13. The molecule has 0 aliphatic heterocycles. The Hall–Kier alpha value is -2.30. The highest BCUT2D eigenvalue weighted by molar-refractivity contribution is 6.02. The van der Waals surface area contributed by atoms with E-state index in [-0.39, 0.29) is 11.5 Å². The van der Waals surface area contributed by atoms with Gasteiger partial charge in [-0.05, 0) is 25.1 Å². The van der Waals surface area contributed by atoms with Crippen LogP contribution in [0.4, 0.5) is 0 Å². The van der Waals surface area contributed by atoms with Gasteiger partial charge in [0.25, 0.3) is 0 Å². The number of carbonyl (C=O) groups excluding carboxylic acids is 2. The summed E-state index contributed by atoms with van der Waals surface area (Å²) in [4.78, 5) is 25.7. The third-order valence-corrected chi connectivity index (χ3v) is 2.37. The van der Waals surface area contributed by atoms with Crippen molar-refractivity contribution in [1.82, 2.24) is 4.98 Å². The minimum absolute atomic E-state index is 0.150. The maximum absolute atomic E-state index is 11.5. The fourth-order valence-electron chi connectivity index (χ4n) is 1.57. The first-order valence-electron chi connectivity index (χ1n) is 4.99. The van der Waals surface area contributed by atoms with Crippen molar-refractivity contribution in [3.05, 3.63) is 35.7 Å². The predicted octanol–water partition coefficient (Wildman–Crippen LogP) is 2.26. The number of ketones is 1. The zero-order valence-electron chi connectivity index (χ0n) is 9.44. The molecule has 0 spiro atoms. The van der Waals surface area contributed by atoms with E-state index in [2.05, 4.69) is 9.72 Å². The molecule has 2 aromatic rings. The standard InChI is InChI=1S/C12H11NO4/c1-7(14)8-6-9(12(15)16-2)13-11(8)10-4-3-5-17-10/h3-6,13H,1-2H3. The largest absolute Gasteiger partial charge is 0.464 e. The summed E-state index contributed by atoms with van der Waals surface area (Å²) in [6, 6.07) is 4.88. The summed E-state index contributed by atoms with van der Waals surface area (Å²) in [6.45, 7) is 1.43. The van der Waals surface area contributed by atoms with Crippen molar-refractivity contribution in [2.45, 2.75) is 6.92 Å². The van der Waals surface area contributed by atoms with Crippen molar-refractivity contribution in [3.63, 3.8) is 0 Å². The smallest absolute Gasteiger partial charge is 0.354 e. The van der Waals surface area contributed by atoms with Gasteiger partial charge in [0, 0.05) is 5.56 Å². The van der Waals surface area contributed by atoms with E-state index in [1.54, 1.807) is 12.1 Å². The Labute approximate surface area is 97.4 Å². The SMILES string of the molecule is COC(=O)c1cc(C(C)=O)c(-c2ccco2)[nH]1. The van der Waals surface area contributed by atoms with Crippen LogP contribution in [0.1, 0.15) is 27.8 Å². The summed E-state index contributed by atoms with van der Waals surface area (Å²) in [6.07, 6.45) is 1.50. The van der Waals surface area contributed by atoms with Gasteiger partial charge in [-0.3, -0.25) is 4.79 Å². The Kier molecular flexibility index (Phi) is 2.82. The Balaban J connectivity index is 2.54. The summed E-state index contributed by atoms with van der Waals surface area (Å²) in [5, 5.41) is 0. The van der Waals surface area contributed by atoms with Crippen molar-refractivity contribution < 1.29 is 18.7 Å². The summed E-state index contributed by atoms with van der Waals surface area (Å²) >= 11 is 0. The second-order valence-corrected chi connectivity index (χ2v) is 3.50. The van der Waals surface area contributed by atoms with Crippen molar-refractivity contribution in [3.8, 4) is 11.5 Å². The van der Waals surface area contributed by atoms with Crippen LogP contribution in [0.2, 0.25) is 0 Å². The van der Waals surface area contributed by atoms with Gasteiger partial charge in [-0.1, -0.05) is 0 Å². The summed E-state index contributed by atoms with van der Waals surface area (Å²) in [5.74, 6) is -0.168.